The lowest BCUT2D eigenvalue weighted by Gasteiger charge is -2.05. The predicted molar refractivity (Wildman–Crippen MR) is 75.4 cm³/mol. The SMILES string of the molecule is Nc1ccc(OCc2nc3ccsc3c(=O)[nH]2)cc1. The fourth-order valence-corrected chi connectivity index (χ4v) is 2.43. The minimum absolute atomic E-state index is 0.129. The average molecular weight is 273 g/mol. The lowest BCUT2D eigenvalue weighted by Crippen LogP contribution is -2.12. The van der Waals surface area contributed by atoms with E-state index in [1.807, 2.05) is 11.4 Å². The van der Waals surface area contributed by atoms with Gasteiger partial charge in [0.15, 0.2) is 0 Å². The Kier molecular flexibility index (Phi) is 2.92. The number of nitrogens with zero attached hydrogens (tertiary/aromatic N) is 1. The summed E-state index contributed by atoms with van der Waals surface area (Å²) in [5, 5.41) is 1.84. The molecule has 0 unspecified atom stereocenters. The fourth-order valence-electron chi connectivity index (χ4n) is 1.71. The normalized spacial score (nSPS) is 10.7. The molecule has 6 heteroatoms. The second-order valence-electron chi connectivity index (χ2n) is 4.01. The van der Waals surface area contributed by atoms with Gasteiger partial charge >= 0.3 is 0 Å². The maximum absolute atomic E-state index is 11.8. The Morgan fingerprint density at radius 3 is 2.84 bits per heavy atom. The first-order valence-electron chi connectivity index (χ1n) is 5.67. The maximum atomic E-state index is 11.8. The van der Waals surface area contributed by atoms with Crippen LogP contribution in [0.4, 0.5) is 5.69 Å². The van der Waals surface area contributed by atoms with E-state index in [1.165, 1.54) is 11.3 Å². The molecule has 0 atom stereocenters. The molecule has 0 saturated heterocycles. The van der Waals surface area contributed by atoms with E-state index in [0.717, 1.165) is 0 Å². The number of nitrogens with two attached hydrogens (primary N) is 1. The van der Waals surface area contributed by atoms with E-state index in [4.69, 9.17) is 10.5 Å². The second-order valence-corrected chi connectivity index (χ2v) is 4.92. The van der Waals surface area contributed by atoms with Crippen LogP contribution in [-0.4, -0.2) is 9.97 Å². The largest absolute Gasteiger partial charge is 0.486 e. The van der Waals surface area contributed by atoms with E-state index < -0.39 is 0 Å². The number of H-pyrrole nitrogens is 1. The van der Waals surface area contributed by atoms with Gasteiger partial charge in [0.2, 0.25) is 0 Å². The predicted octanol–water partition coefficient (Wildman–Crippen LogP) is 2.15. The summed E-state index contributed by atoms with van der Waals surface area (Å²) >= 11 is 1.38. The first kappa shape index (κ1) is 11.7. The van der Waals surface area contributed by atoms with Crippen LogP contribution in [0.5, 0.6) is 5.75 Å². The summed E-state index contributed by atoms with van der Waals surface area (Å²) in [5.41, 5.74) is 6.84. The maximum Gasteiger partial charge on any atom is 0.268 e. The molecule has 0 spiro atoms. The standard InChI is InChI=1S/C13H11N3O2S/c14-8-1-3-9(4-2-8)18-7-11-15-10-5-6-19-12(10)13(17)16-11/h1-6H,7,14H2,(H,15,16,17). The molecule has 0 aliphatic heterocycles. The van der Waals surface area contributed by atoms with E-state index >= 15 is 0 Å². The highest BCUT2D eigenvalue weighted by Crippen LogP contribution is 2.16. The first-order valence-corrected chi connectivity index (χ1v) is 6.55. The van der Waals surface area contributed by atoms with Gasteiger partial charge in [-0.2, -0.15) is 0 Å². The van der Waals surface area contributed by atoms with Crippen molar-refractivity contribution in [1.29, 1.82) is 0 Å². The minimum atomic E-state index is -0.129. The van der Waals surface area contributed by atoms with E-state index in [0.29, 0.717) is 27.5 Å². The van der Waals surface area contributed by atoms with Crippen molar-refractivity contribution in [3.05, 3.63) is 51.9 Å². The van der Waals surface area contributed by atoms with Crippen molar-refractivity contribution in [2.45, 2.75) is 6.61 Å². The Labute approximate surface area is 112 Å². The van der Waals surface area contributed by atoms with Gasteiger partial charge in [-0.3, -0.25) is 4.79 Å². The number of hydrogen-bond donors (Lipinski definition) is 2. The van der Waals surface area contributed by atoms with E-state index in [9.17, 15) is 4.79 Å². The minimum Gasteiger partial charge on any atom is -0.486 e. The van der Waals surface area contributed by atoms with Crippen molar-refractivity contribution in [3.63, 3.8) is 0 Å². The summed E-state index contributed by atoms with van der Waals surface area (Å²) < 4.78 is 6.18. The van der Waals surface area contributed by atoms with Gasteiger partial charge in [0.25, 0.3) is 5.56 Å². The van der Waals surface area contributed by atoms with Crippen LogP contribution in [0, 0.1) is 0 Å². The molecule has 0 aliphatic carbocycles. The van der Waals surface area contributed by atoms with Crippen LogP contribution >= 0.6 is 11.3 Å². The monoisotopic (exact) mass is 273 g/mol. The molecule has 0 aliphatic rings. The third-order valence-electron chi connectivity index (χ3n) is 2.62. The molecule has 5 nitrogen and oxygen atoms in total. The van der Waals surface area contributed by atoms with Crippen LogP contribution in [-0.2, 0) is 6.61 Å². The number of ether oxygens (including phenoxy) is 1. The molecule has 2 heterocycles. The van der Waals surface area contributed by atoms with Crippen LogP contribution in [0.2, 0.25) is 0 Å². The molecule has 1 aromatic carbocycles. The Morgan fingerprint density at radius 2 is 2.05 bits per heavy atom. The Morgan fingerprint density at radius 1 is 1.26 bits per heavy atom. The summed E-state index contributed by atoms with van der Waals surface area (Å²) in [6.07, 6.45) is 0. The average Bonchev–Trinajstić information content (AvgIpc) is 2.87. The fraction of sp³-hybridized carbons (Fsp3) is 0.0769. The molecule has 3 rings (SSSR count). The number of hydrogen-bond acceptors (Lipinski definition) is 5. The van der Waals surface area contributed by atoms with Gasteiger partial charge in [-0.15, -0.1) is 11.3 Å². The quantitative estimate of drug-likeness (QED) is 0.716. The molecular formula is C13H11N3O2S. The lowest BCUT2D eigenvalue weighted by atomic mass is 10.3. The summed E-state index contributed by atoms with van der Waals surface area (Å²) in [4.78, 5) is 18.8. The van der Waals surface area contributed by atoms with Crippen LogP contribution < -0.4 is 16.0 Å². The van der Waals surface area contributed by atoms with Crippen molar-refractivity contribution in [3.8, 4) is 5.75 Å². The summed E-state index contributed by atoms with van der Waals surface area (Å²) in [7, 11) is 0. The van der Waals surface area contributed by atoms with Gasteiger partial charge in [0, 0.05) is 5.69 Å². The summed E-state index contributed by atoms with van der Waals surface area (Å²) in [5.74, 6) is 1.19. The van der Waals surface area contributed by atoms with Crippen molar-refractivity contribution in [2.24, 2.45) is 0 Å². The molecule has 3 N–H and O–H groups in total. The Balaban J connectivity index is 1.81. The number of fused-ring (bicyclic) bond motifs is 1. The molecule has 2 aromatic heterocycles. The van der Waals surface area contributed by atoms with Crippen molar-refractivity contribution < 1.29 is 4.74 Å². The van der Waals surface area contributed by atoms with Gasteiger partial charge in [0.05, 0.1) is 5.52 Å². The van der Waals surface area contributed by atoms with Gasteiger partial charge in [-0.05, 0) is 35.7 Å². The van der Waals surface area contributed by atoms with E-state index in [2.05, 4.69) is 9.97 Å². The van der Waals surface area contributed by atoms with Gasteiger partial charge in [-0.1, -0.05) is 0 Å². The first-order chi connectivity index (χ1) is 9.22. The number of benzene rings is 1. The van der Waals surface area contributed by atoms with Crippen molar-refractivity contribution in [2.75, 3.05) is 5.73 Å². The topological polar surface area (TPSA) is 81.0 Å². The molecule has 0 amide bonds. The molecular weight excluding hydrogens is 262 g/mol. The molecule has 0 fully saturated rings. The number of thiophene rings is 1. The third kappa shape index (κ3) is 2.43. The lowest BCUT2D eigenvalue weighted by molar-refractivity contribution is 0.296. The van der Waals surface area contributed by atoms with Crippen LogP contribution in [0.25, 0.3) is 10.2 Å². The van der Waals surface area contributed by atoms with Crippen molar-refractivity contribution >= 4 is 27.2 Å². The number of anilines is 1. The molecule has 0 bridgehead atoms. The van der Waals surface area contributed by atoms with Crippen LogP contribution in [0.1, 0.15) is 5.82 Å². The zero-order valence-electron chi connectivity index (χ0n) is 9.92. The molecule has 0 radical (unpaired) electrons. The number of rotatable bonds is 3. The highest BCUT2D eigenvalue weighted by atomic mass is 32.1. The van der Waals surface area contributed by atoms with Crippen LogP contribution in [0.3, 0.4) is 0 Å². The third-order valence-corrected chi connectivity index (χ3v) is 3.52. The summed E-state index contributed by atoms with van der Waals surface area (Å²) in [6.45, 7) is 0.213. The zero-order chi connectivity index (χ0) is 13.2. The summed E-state index contributed by atoms with van der Waals surface area (Å²) in [6, 6.07) is 8.89. The Bertz CT molecular complexity index is 761. The van der Waals surface area contributed by atoms with Crippen molar-refractivity contribution in [1.82, 2.24) is 9.97 Å². The Hall–Kier alpha value is -2.34. The molecule has 3 aromatic rings. The highest BCUT2D eigenvalue weighted by Gasteiger charge is 2.05. The molecule has 0 saturated carbocycles. The second kappa shape index (κ2) is 4.74. The van der Waals surface area contributed by atoms with Crippen LogP contribution in [0.15, 0.2) is 40.5 Å². The van der Waals surface area contributed by atoms with E-state index in [1.54, 1.807) is 24.3 Å². The number of nitrogen functional groups attached to an aromatic ring is 1. The number of aromatic amines is 1. The van der Waals surface area contributed by atoms with Gasteiger partial charge < -0.3 is 15.5 Å². The highest BCUT2D eigenvalue weighted by molar-refractivity contribution is 7.17. The van der Waals surface area contributed by atoms with Gasteiger partial charge in [0.1, 0.15) is 22.9 Å². The van der Waals surface area contributed by atoms with Gasteiger partial charge in [-0.25, -0.2) is 4.98 Å². The zero-order valence-corrected chi connectivity index (χ0v) is 10.7. The number of aromatic nitrogens is 2. The van der Waals surface area contributed by atoms with E-state index in [-0.39, 0.29) is 12.2 Å². The number of nitrogens with one attached hydrogen (secondary N) is 1. The molecule has 19 heavy (non-hydrogen) atoms. The molecule has 96 valence electrons. The smallest absolute Gasteiger partial charge is 0.268 e.